The minimum Gasteiger partial charge on any atom is -0.495 e. The average Bonchev–Trinajstić information content (AvgIpc) is 2.56. The topological polar surface area (TPSA) is 59.9 Å². The summed E-state index contributed by atoms with van der Waals surface area (Å²) in [6.45, 7) is 3.84. The number of nitrogens with zero attached hydrogens (tertiary/aromatic N) is 1. The van der Waals surface area contributed by atoms with Crippen LogP contribution in [0.3, 0.4) is 0 Å². The lowest BCUT2D eigenvalue weighted by molar-refractivity contribution is -0.123. The van der Waals surface area contributed by atoms with Crippen LogP contribution < -0.4 is 14.9 Å². The number of hydrogen-bond donors (Lipinski definition) is 1. The van der Waals surface area contributed by atoms with Crippen LogP contribution >= 0.6 is 11.6 Å². The van der Waals surface area contributed by atoms with Crippen LogP contribution in [0.25, 0.3) is 0 Å². The van der Waals surface area contributed by atoms with Crippen molar-refractivity contribution in [3.63, 3.8) is 0 Å². The van der Waals surface area contributed by atoms with Crippen LogP contribution in [0.15, 0.2) is 41.5 Å². The van der Waals surface area contributed by atoms with Gasteiger partial charge in [0.1, 0.15) is 11.5 Å². The molecule has 0 saturated carbocycles. The number of methoxy groups -OCH3 is 1. The summed E-state index contributed by atoms with van der Waals surface area (Å²) in [4.78, 5) is 11.8. The van der Waals surface area contributed by atoms with E-state index in [-0.39, 0.29) is 12.5 Å². The minimum atomic E-state index is -0.341. The Hall–Kier alpha value is -2.53. The number of carbonyl (C=O) groups excluding carboxylic acids is 1. The van der Waals surface area contributed by atoms with Gasteiger partial charge in [0, 0.05) is 0 Å². The Balaban J connectivity index is 1.86. The molecule has 24 heavy (non-hydrogen) atoms. The number of amides is 1. The Morgan fingerprint density at radius 2 is 2.04 bits per heavy atom. The van der Waals surface area contributed by atoms with Crippen LogP contribution in [0.1, 0.15) is 16.7 Å². The van der Waals surface area contributed by atoms with Gasteiger partial charge in [-0.1, -0.05) is 23.7 Å². The predicted molar refractivity (Wildman–Crippen MR) is 95.2 cm³/mol. The van der Waals surface area contributed by atoms with E-state index in [0.29, 0.717) is 16.5 Å². The van der Waals surface area contributed by atoms with E-state index in [2.05, 4.69) is 10.5 Å². The lowest BCUT2D eigenvalue weighted by Crippen LogP contribution is -2.24. The summed E-state index contributed by atoms with van der Waals surface area (Å²) in [6.07, 6.45) is 1.50. The van der Waals surface area contributed by atoms with Crippen molar-refractivity contribution in [2.75, 3.05) is 13.7 Å². The van der Waals surface area contributed by atoms with Crippen molar-refractivity contribution in [3.8, 4) is 11.5 Å². The van der Waals surface area contributed by atoms with Gasteiger partial charge in [0.2, 0.25) is 0 Å². The molecule has 0 bridgehead atoms. The summed E-state index contributed by atoms with van der Waals surface area (Å²) < 4.78 is 10.6. The molecule has 0 aliphatic rings. The maximum absolute atomic E-state index is 11.8. The van der Waals surface area contributed by atoms with Crippen LogP contribution in [-0.4, -0.2) is 25.8 Å². The van der Waals surface area contributed by atoms with Gasteiger partial charge in [-0.15, -0.1) is 0 Å². The van der Waals surface area contributed by atoms with Crippen LogP contribution in [0.4, 0.5) is 0 Å². The second kappa shape index (κ2) is 8.36. The molecule has 126 valence electrons. The van der Waals surface area contributed by atoms with Crippen LogP contribution in [0, 0.1) is 13.8 Å². The lowest BCUT2D eigenvalue weighted by Gasteiger charge is -2.09. The molecule has 2 rings (SSSR count). The number of nitrogens with one attached hydrogen (secondary N) is 1. The van der Waals surface area contributed by atoms with Gasteiger partial charge >= 0.3 is 0 Å². The SMILES string of the molecule is COc1ccc(/C=N/NC(=O)COc2cccc(C)c2C)cc1Cl. The highest BCUT2D eigenvalue weighted by Gasteiger charge is 2.05. The molecule has 0 fully saturated rings. The van der Waals surface area contributed by atoms with Crippen LogP contribution in [0.5, 0.6) is 11.5 Å². The largest absolute Gasteiger partial charge is 0.495 e. The van der Waals surface area contributed by atoms with Crippen molar-refractivity contribution in [2.24, 2.45) is 5.10 Å². The van der Waals surface area contributed by atoms with Crippen molar-refractivity contribution in [2.45, 2.75) is 13.8 Å². The second-order valence-electron chi connectivity index (χ2n) is 5.17. The van der Waals surface area contributed by atoms with Gasteiger partial charge in [-0.2, -0.15) is 5.10 Å². The lowest BCUT2D eigenvalue weighted by atomic mass is 10.1. The number of benzene rings is 2. The number of carbonyl (C=O) groups is 1. The van der Waals surface area contributed by atoms with E-state index in [0.717, 1.165) is 16.7 Å². The van der Waals surface area contributed by atoms with Gasteiger partial charge in [0.05, 0.1) is 18.3 Å². The third kappa shape index (κ3) is 4.73. The smallest absolute Gasteiger partial charge is 0.277 e. The van der Waals surface area contributed by atoms with Gasteiger partial charge < -0.3 is 9.47 Å². The normalized spacial score (nSPS) is 10.7. The first-order chi connectivity index (χ1) is 11.5. The first-order valence-electron chi connectivity index (χ1n) is 7.35. The summed E-state index contributed by atoms with van der Waals surface area (Å²) in [5.74, 6) is 0.933. The molecule has 0 aliphatic carbocycles. The molecule has 2 aromatic rings. The highest BCUT2D eigenvalue weighted by Crippen LogP contribution is 2.24. The van der Waals surface area contributed by atoms with Gasteiger partial charge in [-0.3, -0.25) is 4.79 Å². The van der Waals surface area contributed by atoms with Crippen molar-refractivity contribution in [1.82, 2.24) is 5.43 Å². The summed E-state index contributed by atoms with van der Waals surface area (Å²) in [5.41, 5.74) is 5.29. The fraction of sp³-hybridized carbons (Fsp3) is 0.222. The molecule has 1 amide bonds. The number of hydrazone groups is 1. The minimum absolute atomic E-state index is 0.106. The summed E-state index contributed by atoms with van der Waals surface area (Å²) in [6, 6.07) is 10.9. The molecule has 1 N–H and O–H groups in total. The van der Waals surface area contributed by atoms with E-state index in [1.54, 1.807) is 25.3 Å². The molecule has 0 spiro atoms. The maximum atomic E-state index is 11.8. The average molecular weight is 347 g/mol. The zero-order chi connectivity index (χ0) is 17.5. The summed E-state index contributed by atoms with van der Waals surface area (Å²) >= 11 is 6.02. The fourth-order valence-electron chi connectivity index (χ4n) is 2.00. The van der Waals surface area contributed by atoms with Gasteiger partial charge in [0.15, 0.2) is 6.61 Å². The van der Waals surface area contributed by atoms with E-state index >= 15 is 0 Å². The van der Waals surface area contributed by atoms with E-state index in [4.69, 9.17) is 21.1 Å². The van der Waals surface area contributed by atoms with Crippen LogP contribution in [-0.2, 0) is 4.79 Å². The van der Waals surface area contributed by atoms with E-state index in [1.165, 1.54) is 6.21 Å². The van der Waals surface area contributed by atoms with Crippen molar-refractivity contribution < 1.29 is 14.3 Å². The molecule has 0 radical (unpaired) electrons. The molecule has 0 aromatic heterocycles. The highest BCUT2D eigenvalue weighted by molar-refractivity contribution is 6.32. The Morgan fingerprint density at radius 1 is 1.25 bits per heavy atom. The molecule has 5 nitrogen and oxygen atoms in total. The van der Waals surface area contributed by atoms with E-state index < -0.39 is 0 Å². The Bertz CT molecular complexity index is 760. The molecular weight excluding hydrogens is 328 g/mol. The van der Waals surface area contributed by atoms with Gasteiger partial charge in [-0.05, 0) is 54.8 Å². The monoisotopic (exact) mass is 346 g/mol. The molecule has 0 unspecified atom stereocenters. The first-order valence-corrected chi connectivity index (χ1v) is 7.73. The van der Waals surface area contributed by atoms with Crippen molar-refractivity contribution in [3.05, 3.63) is 58.1 Å². The van der Waals surface area contributed by atoms with Crippen molar-refractivity contribution >= 4 is 23.7 Å². The second-order valence-corrected chi connectivity index (χ2v) is 5.58. The van der Waals surface area contributed by atoms with Gasteiger partial charge in [0.25, 0.3) is 5.91 Å². The number of hydrogen-bond acceptors (Lipinski definition) is 4. The molecule has 6 heteroatoms. The van der Waals surface area contributed by atoms with Crippen molar-refractivity contribution in [1.29, 1.82) is 0 Å². The fourth-order valence-corrected chi connectivity index (χ4v) is 2.26. The third-order valence-corrected chi connectivity index (χ3v) is 3.79. The molecule has 0 saturated heterocycles. The highest BCUT2D eigenvalue weighted by atomic mass is 35.5. The van der Waals surface area contributed by atoms with E-state index in [9.17, 15) is 4.79 Å². The molecule has 0 heterocycles. The Labute approximate surface area is 146 Å². The zero-order valence-corrected chi connectivity index (χ0v) is 14.6. The molecular formula is C18H19ClN2O3. The first kappa shape index (κ1) is 17.8. The quantitative estimate of drug-likeness (QED) is 0.643. The zero-order valence-electron chi connectivity index (χ0n) is 13.8. The summed E-state index contributed by atoms with van der Waals surface area (Å²) in [7, 11) is 1.55. The van der Waals surface area contributed by atoms with Gasteiger partial charge in [-0.25, -0.2) is 5.43 Å². The Morgan fingerprint density at radius 3 is 2.75 bits per heavy atom. The number of rotatable bonds is 6. The number of aryl methyl sites for hydroxylation is 1. The summed E-state index contributed by atoms with van der Waals surface area (Å²) in [5, 5.41) is 4.36. The third-order valence-electron chi connectivity index (χ3n) is 3.49. The Kier molecular flexibility index (Phi) is 6.21. The predicted octanol–water partition coefficient (Wildman–Crippen LogP) is 3.49. The number of halogens is 1. The number of ether oxygens (including phenoxy) is 2. The van der Waals surface area contributed by atoms with E-state index in [1.807, 2.05) is 32.0 Å². The standard InChI is InChI=1S/C18H19ClN2O3/c1-12-5-4-6-16(13(12)2)24-11-18(22)21-20-10-14-7-8-17(23-3)15(19)9-14/h4-10H,11H2,1-3H3,(H,21,22)/b20-10+. The van der Waals surface area contributed by atoms with Crippen LogP contribution in [0.2, 0.25) is 5.02 Å². The molecule has 0 atom stereocenters. The molecule has 2 aromatic carbocycles. The maximum Gasteiger partial charge on any atom is 0.277 e. The molecule has 0 aliphatic heterocycles.